The number of carbonyl (C=O) groups excluding carboxylic acids is 2. The van der Waals surface area contributed by atoms with Gasteiger partial charge in [-0.05, 0) is 23.2 Å². The first-order chi connectivity index (χ1) is 13.6. The van der Waals surface area contributed by atoms with E-state index in [9.17, 15) is 15.0 Å². The molecule has 3 aromatic rings. The third-order valence-electron chi connectivity index (χ3n) is 4.38. The summed E-state index contributed by atoms with van der Waals surface area (Å²) in [5.74, 6) is 0.997. The second-order valence-electron chi connectivity index (χ2n) is 6.15. The number of hydrogen-bond acceptors (Lipinski definition) is 2. The number of carbonyl (C=O) groups is 2. The minimum Gasteiger partial charge on any atom is -0.763 e. The maximum absolute atomic E-state index is 13.0. The molecule has 0 saturated heterocycles. The fourth-order valence-corrected chi connectivity index (χ4v) is 7.32. The minimum absolute atomic E-state index is 0.0475. The normalized spacial score (nSPS) is 10.6. The lowest BCUT2D eigenvalue weighted by molar-refractivity contribution is -0.126. The third kappa shape index (κ3) is 3.57. The van der Waals surface area contributed by atoms with Crippen molar-refractivity contribution in [2.24, 2.45) is 0 Å². The van der Waals surface area contributed by atoms with Crippen molar-refractivity contribution < 1.29 is 9.59 Å². The molecule has 3 rings (SSSR count). The lowest BCUT2D eigenvalue weighted by Gasteiger charge is -2.39. The van der Waals surface area contributed by atoms with Gasteiger partial charge in [-0.1, -0.05) is 91.0 Å². The number of nitrogens with one attached hydrogen (secondary N) is 1. The Morgan fingerprint density at radius 1 is 0.750 bits per heavy atom. The van der Waals surface area contributed by atoms with Crippen LogP contribution in [0.15, 0.2) is 96.3 Å². The van der Waals surface area contributed by atoms with Gasteiger partial charge in [-0.15, -0.1) is 0 Å². The van der Waals surface area contributed by atoms with E-state index in [4.69, 9.17) is 0 Å². The molecule has 1 N–H and O–H groups in total. The highest BCUT2D eigenvalue weighted by atomic mass is 31.2. The summed E-state index contributed by atoms with van der Waals surface area (Å²) in [5.41, 5.74) is 0. The molecule has 28 heavy (non-hydrogen) atoms. The van der Waals surface area contributed by atoms with Crippen LogP contribution in [0.1, 0.15) is 6.92 Å². The Morgan fingerprint density at radius 3 is 1.39 bits per heavy atom. The molecule has 0 aliphatic heterocycles. The van der Waals surface area contributed by atoms with Crippen molar-refractivity contribution in [1.82, 2.24) is 5.32 Å². The minimum atomic E-state index is -2.78. The predicted octanol–water partition coefficient (Wildman–Crippen LogP) is 2.77. The average molecular weight is 386 g/mol. The van der Waals surface area contributed by atoms with Crippen LogP contribution in [0.4, 0.5) is 0 Å². The van der Waals surface area contributed by atoms with Crippen molar-refractivity contribution in [3.63, 3.8) is 0 Å². The van der Waals surface area contributed by atoms with Crippen molar-refractivity contribution in [3.8, 4) is 0 Å². The molecule has 0 fully saturated rings. The molecular weight excluding hydrogens is 367 g/mol. The van der Waals surface area contributed by atoms with E-state index < -0.39 is 19.1 Å². The summed E-state index contributed by atoms with van der Waals surface area (Å²) in [4.78, 5) is 24.6. The SMILES string of the molecule is CC(=O)NC(=O)C(=C=[N-])[P](c1ccccc1)(c1ccccc1)c1ccccc1. The number of nitrogens with zero attached hydrogens (tertiary/aromatic N) is 1. The Kier molecular flexibility index (Phi) is 5.96. The first-order valence-electron chi connectivity index (χ1n) is 8.76. The Bertz CT molecular complexity index is 931. The summed E-state index contributed by atoms with van der Waals surface area (Å²) < 4.78 is 0. The molecule has 0 aliphatic rings. The monoisotopic (exact) mass is 386 g/mol. The lowest BCUT2D eigenvalue weighted by atomic mass is 10.3. The van der Waals surface area contributed by atoms with Gasteiger partial charge in [0.1, 0.15) is 0 Å². The van der Waals surface area contributed by atoms with E-state index in [1.54, 1.807) is 0 Å². The van der Waals surface area contributed by atoms with Gasteiger partial charge in [0.25, 0.3) is 5.91 Å². The van der Waals surface area contributed by atoms with Crippen LogP contribution in [-0.4, -0.2) is 17.7 Å². The first kappa shape index (κ1) is 19.4. The standard InChI is InChI=1S/C23H19N2O2P/c1-18(26)25-23(27)22(17-24)28(19-11-5-2-6-12-19,20-13-7-3-8-14-20)21-15-9-4-10-16-21/h2-16H,1H3,(H,25,26,27)/q-1. The molecule has 1 radical (unpaired) electrons. The summed E-state index contributed by atoms with van der Waals surface area (Å²) in [5, 5.41) is 15.1. The number of amides is 2. The van der Waals surface area contributed by atoms with Gasteiger partial charge in [0.15, 0.2) is 0 Å². The smallest absolute Gasteiger partial charge is 0.264 e. The zero-order valence-corrected chi connectivity index (χ0v) is 16.3. The van der Waals surface area contributed by atoms with Gasteiger partial charge in [-0.25, -0.2) is 0 Å². The molecule has 5 heteroatoms. The van der Waals surface area contributed by atoms with Gasteiger partial charge in [-0.2, -0.15) is 0 Å². The van der Waals surface area contributed by atoms with Crippen LogP contribution < -0.4 is 21.2 Å². The predicted molar refractivity (Wildman–Crippen MR) is 116 cm³/mol. The first-order valence-corrected chi connectivity index (χ1v) is 10.5. The van der Waals surface area contributed by atoms with Crippen LogP contribution in [0.2, 0.25) is 0 Å². The maximum atomic E-state index is 13.0. The van der Waals surface area contributed by atoms with Crippen LogP contribution >= 0.6 is 7.26 Å². The molecule has 0 bridgehead atoms. The van der Waals surface area contributed by atoms with Crippen LogP contribution in [0, 0.1) is 0 Å². The highest BCUT2D eigenvalue weighted by Crippen LogP contribution is 2.61. The summed E-state index contributed by atoms with van der Waals surface area (Å²) in [7, 11) is -2.78. The second-order valence-corrected chi connectivity index (χ2v) is 9.49. The van der Waals surface area contributed by atoms with Crippen LogP contribution in [0.25, 0.3) is 5.41 Å². The highest BCUT2D eigenvalue weighted by molar-refractivity contribution is 8.00. The van der Waals surface area contributed by atoms with Crippen LogP contribution in [0.5, 0.6) is 0 Å². The fraction of sp³-hybridized carbons (Fsp3) is 0.0435. The molecule has 139 valence electrons. The molecule has 0 saturated carbocycles. The molecule has 2 amide bonds. The topological polar surface area (TPSA) is 68.5 Å². The largest absolute Gasteiger partial charge is 0.763 e. The Morgan fingerprint density at radius 2 is 1.11 bits per heavy atom. The van der Waals surface area contributed by atoms with E-state index >= 15 is 0 Å². The summed E-state index contributed by atoms with van der Waals surface area (Å²) >= 11 is 0. The zero-order chi connectivity index (χ0) is 20.0. The Hall–Kier alpha value is -3.32. The molecular formula is C23H19N2O2P-. The molecule has 0 atom stereocenters. The summed E-state index contributed by atoms with van der Waals surface area (Å²) in [6, 6.07) is 28.7. The number of hydrogen-bond donors (Lipinski definition) is 1. The van der Waals surface area contributed by atoms with E-state index in [0.717, 1.165) is 15.9 Å². The molecule has 0 spiro atoms. The van der Waals surface area contributed by atoms with E-state index in [0.29, 0.717) is 0 Å². The van der Waals surface area contributed by atoms with Crippen molar-refractivity contribution in [1.29, 1.82) is 0 Å². The van der Waals surface area contributed by atoms with Crippen LogP contribution in [-0.2, 0) is 9.59 Å². The number of benzene rings is 3. The van der Waals surface area contributed by atoms with E-state index in [2.05, 4.69) is 11.2 Å². The van der Waals surface area contributed by atoms with Gasteiger partial charge in [0.2, 0.25) is 5.91 Å². The molecule has 4 nitrogen and oxygen atoms in total. The summed E-state index contributed by atoms with van der Waals surface area (Å²) in [6.07, 6.45) is 0. The molecule has 0 heterocycles. The van der Waals surface area contributed by atoms with Gasteiger partial charge >= 0.3 is 0 Å². The fourth-order valence-electron chi connectivity index (χ4n) is 3.29. The molecule has 0 aromatic heterocycles. The van der Waals surface area contributed by atoms with Crippen molar-refractivity contribution >= 4 is 40.9 Å². The van der Waals surface area contributed by atoms with Gasteiger partial charge in [0, 0.05) is 6.92 Å². The summed E-state index contributed by atoms with van der Waals surface area (Å²) in [6.45, 7) is 1.26. The average Bonchev–Trinajstić information content (AvgIpc) is 2.73. The van der Waals surface area contributed by atoms with Crippen molar-refractivity contribution in [2.45, 2.75) is 6.92 Å². The molecule has 0 aliphatic carbocycles. The van der Waals surface area contributed by atoms with Crippen molar-refractivity contribution in [2.75, 3.05) is 0 Å². The zero-order valence-electron chi connectivity index (χ0n) is 15.4. The molecule has 3 aromatic carbocycles. The van der Waals surface area contributed by atoms with Crippen LogP contribution in [0.3, 0.4) is 0 Å². The maximum Gasteiger partial charge on any atom is 0.264 e. The number of imide groups is 1. The van der Waals surface area contributed by atoms with Crippen molar-refractivity contribution in [3.05, 3.63) is 102 Å². The third-order valence-corrected chi connectivity index (χ3v) is 8.57. The van der Waals surface area contributed by atoms with E-state index in [-0.39, 0.29) is 5.31 Å². The van der Waals surface area contributed by atoms with Gasteiger partial charge in [-0.3, -0.25) is 20.8 Å². The quantitative estimate of drug-likeness (QED) is 0.416. The Labute approximate surface area is 164 Å². The second kappa shape index (κ2) is 8.58. The van der Waals surface area contributed by atoms with Gasteiger partial charge < -0.3 is 5.41 Å². The lowest BCUT2D eigenvalue weighted by Crippen LogP contribution is -2.39. The van der Waals surface area contributed by atoms with E-state index in [1.807, 2.05) is 91.0 Å². The number of rotatable bonds is 5. The van der Waals surface area contributed by atoms with Gasteiger partial charge in [0.05, 0.1) is 5.31 Å². The molecule has 0 unspecified atom stereocenters. The highest BCUT2D eigenvalue weighted by Gasteiger charge is 2.40. The van der Waals surface area contributed by atoms with E-state index in [1.165, 1.54) is 6.92 Å². The Balaban J connectivity index is 2.42.